The lowest BCUT2D eigenvalue weighted by Crippen LogP contribution is -2.53. The average molecular weight is 485 g/mol. The SMILES string of the molecule is O=[C]CCCCCCCCCCCCC/C=C\CCCCCCCC([N+](=O)[O-])([N+](=O)[O-])[N+](=O)[O-]. The van der Waals surface area contributed by atoms with Crippen molar-refractivity contribution in [1.29, 1.82) is 0 Å². The summed E-state index contributed by atoms with van der Waals surface area (Å²) in [4.78, 5) is 38.5. The van der Waals surface area contributed by atoms with Crippen LogP contribution in [0.4, 0.5) is 0 Å². The summed E-state index contributed by atoms with van der Waals surface area (Å²) in [7, 11) is 0. The van der Waals surface area contributed by atoms with Gasteiger partial charge in [0.05, 0.1) is 0 Å². The molecular weight excluding hydrogens is 442 g/mol. The van der Waals surface area contributed by atoms with Crippen molar-refractivity contribution in [3.05, 3.63) is 42.5 Å². The molecule has 0 aliphatic rings. The molecule has 0 aliphatic heterocycles. The molecule has 0 saturated carbocycles. The number of allylic oxidation sites excluding steroid dienone is 2. The Morgan fingerprint density at radius 2 is 0.853 bits per heavy atom. The molecule has 10 heteroatoms. The fourth-order valence-corrected chi connectivity index (χ4v) is 3.91. The van der Waals surface area contributed by atoms with Gasteiger partial charge >= 0.3 is 5.79 Å². The fourth-order valence-electron chi connectivity index (χ4n) is 3.91. The highest BCUT2D eigenvalue weighted by Crippen LogP contribution is 2.21. The summed E-state index contributed by atoms with van der Waals surface area (Å²) in [5.74, 6) is -3.32. The minimum atomic E-state index is -3.32. The molecule has 10 nitrogen and oxygen atoms in total. The molecule has 0 fully saturated rings. The summed E-state index contributed by atoms with van der Waals surface area (Å²) in [5, 5.41) is 32.6. The number of unbranched alkanes of at least 4 members (excludes halogenated alkanes) is 17. The smallest absolute Gasteiger partial charge is 0.291 e. The lowest BCUT2D eigenvalue weighted by atomic mass is 10.0. The fraction of sp³-hybridized carbons (Fsp3) is 0.875. The second-order valence-electron chi connectivity index (χ2n) is 8.90. The van der Waals surface area contributed by atoms with Gasteiger partial charge in [0.15, 0.2) is 27.5 Å². The Balaban J connectivity index is 3.51. The second kappa shape index (κ2) is 21.2. The number of hydrogen-bond donors (Lipinski definition) is 0. The molecule has 0 aromatic carbocycles. The van der Waals surface area contributed by atoms with E-state index < -0.39 is 27.0 Å². The molecule has 195 valence electrons. The van der Waals surface area contributed by atoms with Gasteiger partial charge in [-0.2, -0.15) is 0 Å². The van der Waals surface area contributed by atoms with Crippen LogP contribution in [-0.4, -0.2) is 26.8 Å². The van der Waals surface area contributed by atoms with Crippen molar-refractivity contribution < 1.29 is 19.6 Å². The van der Waals surface area contributed by atoms with E-state index in [1.165, 1.54) is 57.8 Å². The third kappa shape index (κ3) is 14.7. The van der Waals surface area contributed by atoms with Gasteiger partial charge in [0.25, 0.3) is 0 Å². The average Bonchev–Trinajstić information content (AvgIpc) is 2.79. The normalized spacial score (nSPS) is 11.6. The van der Waals surface area contributed by atoms with Crippen LogP contribution < -0.4 is 0 Å². The van der Waals surface area contributed by atoms with Gasteiger partial charge in [0.2, 0.25) is 0 Å². The molecule has 0 unspecified atom stereocenters. The Morgan fingerprint density at radius 3 is 1.21 bits per heavy atom. The van der Waals surface area contributed by atoms with E-state index in [2.05, 4.69) is 12.2 Å². The first-order valence-corrected chi connectivity index (χ1v) is 12.8. The number of hydrogen-bond acceptors (Lipinski definition) is 7. The molecular formula is C24H42N3O7. The van der Waals surface area contributed by atoms with Crippen LogP contribution in [0.25, 0.3) is 0 Å². The first kappa shape index (κ1) is 31.6. The maximum Gasteiger partial charge on any atom is 0.699 e. The van der Waals surface area contributed by atoms with Crippen LogP contribution in [0.5, 0.6) is 0 Å². The molecule has 0 aromatic rings. The van der Waals surface area contributed by atoms with Gasteiger partial charge in [0, 0.05) is 6.42 Å². The summed E-state index contributed by atoms with van der Waals surface area (Å²) >= 11 is 0. The predicted octanol–water partition coefficient (Wildman–Crippen LogP) is 6.94. The Bertz CT molecular complexity index is 575. The molecule has 1 radical (unpaired) electrons. The van der Waals surface area contributed by atoms with Crippen LogP contribution >= 0.6 is 0 Å². The molecule has 0 N–H and O–H groups in total. The molecule has 0 aliphatic carbocycles. The summed E-state index contributed by atoms with van der Waals surface area (Å²) in [6.07, 6.45) is 25.0. The lowest BCUT2D eigenvalue weighted by molar-refractivity contribution is -0.970. The molecule has 34 heavy (non-hydrogen) atoms. The van der Waals surface area contributed by atoms with Gasteiger partial charge < -0.3 is 0 Å². The summed E-state index contributed by atoms with van der Waals surface area (Å²) in [5.41, 5.74) is 0. The lowest BCUT2D eigenvalue weighted by Gasteiger charge is -2.08. The third-order valence-electron chi connectivity index (χ3n) is 6.08. The van der Waals surface area contributed by atoms with E-state index >= 15 is 0 Å². The summed E-state index contributed by atoms with van der Waals surface area (Å²) < 4.78 is 0. The molecule has 0 atom stereocenters. The van der Waals surface area contributed by atoms with Gasteiger partial charge in [-0.05, 0) is 38.5 Å². The van der Waals surface area contributed by atoms with Crippen LogP contribution in [0, 0.1) is 30.3 Å². The van der Waals surface area contributed by atoms with Crippen LogP contribution in [-0.2, 0) is 4.79 Å². The van der Waals surface area contributed by atoms with Crippen molar-refractivity contribution >= 4 is 6.29 Å². The van der Waals surface area contributed by atoms with Gasteiger partial charge in [0.1, 0.15) is 0 Å². The van der Waals surface area contributed by atoms with Crippen LogP contribution in [0.3, 0.4) is 0 Å². The van der Waals surface area contributed by atoms with Gasteiger partial charge in [-0.25, -0.2) is 0 Å². The van der Waals surface area contributed by atoms with Gasteiger partial charge in [-0.15, -0.1) is 0 Å². The second-order valence-corrected chi connectivity index (χ2v) is 8.90. The number of carbonyl (C=O) groups excluding carboxylic acids is 1. The molecule has 0 amide bonds. The van der Waals surface area contributed by atoms with Crippen LogP contribution in [0.2, 0.25) is 0 Å². The molecule has 0 saturated heterocycles. The van der Waals surface area contributed by atoms with E-state index in [-0.39, 0.29) is 6.42 Å². The highest BCUT2D eigenvalue weighted by atomic mass is 16.7. The van der Waals surface area contributed by atoms with Crippen LogP contribution in [0.1, 0.15) is 128 Å². The predicted molar refractivity (Wildman–Crippen MR) is 131 cm³/mol. The van der Waals surface area contributed by atoms with E-state index in [9.17, 15) is 35.1 Å². The largest absolute Gasteiger partial charge is 0.699 e. The maximum atomic E-state index is 10.9. The van der Waals surface area contributed by atoms with Crippen molar-refractivity contribution in [2.45, 2.75) is 134 Å². The Morgan fingerprint density at radius 1 is 0.529 bits per heavy atom. The van der Waals surface area contributed by atoms with Gasteiger partial charge in [-0.1, -0.05) is 89.2 Å². The van der Waals surface area contributed by atoms with Crippen molar-refractivity contribution in [1.82, 2.24) is 0 Å². The van der Waals surface area contributed by atoms with E-state index in [0.717, 1.165) is 44.9 Å². The van der Waals surface area contributed by atoms with Crippen LogP contribution in [0.15, 0.2) is 12.2 Å². The number of nitro groups is 3. The van der Waals surface area contributed by atoms with Crippen molar-refractivity contribution in [3.63, 3.8) is 0 Å². The molecule has 0 heterocycles. The summed E-state index contributed by atoms with van der Waals surface area (Å²) in [6.45, 7) is 0. The Hall–Kier alpha value is -2.39. The molecule has 0 spiro atoms. The van der Waals surface area contributed by atoms with Gasteiger partial charge in [-0.3, -0.25) is 35.1 Å². The van der Waals surface area contributed by atoms with Crippen molar-refractivity contribution in [2.24, 2.45) is 0 Å². The standard InChI is InChI=1S/C24H42N3O7/c28-23-21-19-17-15-13-11-9-7-5-3-1-2-4-6-8-10-12-14-16-18-20-22-24(25(29)30,26(31)32)27(33)34/h6,8H,1-5,7,9-22H2/b8-6-. The zero-order chi connectivity index (χ0) is 25.5. The van der Waals surface area contributed by atoms with E-state index in [1.54, 1.807) is 0 Å². The van der Waals surface area contributed by atoms with E-state index in [0.29, 0.717) is 12.8 Å². The minimum absolute atomic E-state index is 0.0835. The van der Waals surface area contributed by atoms with E-state index in [4.69, 9.17) is 0 Å². The topological polar surface area (TPSA) is 146 Å². The maximum absolute atomic E-state index is 10.9. The molecule has 0 aromatic heterocycles. The highest BCUT2D eigenvalue weighted by molar-refractivity contribution is 5.50. The zero-order valence-electron chi connectivity index (χ0n) is 20.5. The first-order chi connectivity index (χ1) is 16.4. The zero-order valence-corrected chi connectivity index (χ0v) is 20.5. The van der Waals surface area contributed by atoms with Crippen molar-refractivity contribution in [3.8, 4) is 0 Å². The third-order valence-corrected chi connectivity index (χ3v) is 6.08. The Kier molecular flexibility index (Phi) is 19.7. The molecule has 0 bridgehead atoms. The minimum Gasteiger partial charge on any atom is -0.291 e. The number of nitrogens with zero attached hydrogens (tertiary/aromatic N) is 3. The monoisotopic (exact) mass is 484 g/mol. The quantitative estimate of drug-likeness (QED) is 0.0448. The van der Waals surface area contributed by atoms with Crippen molar-refractivity contribution in [2.75, 3.05) is 0 Å². The molecule has 0 rings (SSSR count). The highest BCUT2D eigenvalue weighted by Gasteiger charge is 2.69. The Labute approximate surface area is 203 Å². The van der Waals surface area contributed by atoms with E-state index in [1.807, 2.05) is 6.29 Å². The summed E-state index contributed by atoms with van der Waals surface area (Å²) in [6, 6.07) is 0. The first-order valence-electron chi connectivity index (χ1n) is 12.8. The number of rotatable bonds is 25.